The number of hydrogen-bond acceptors (Lipinski definition) is 3. The van der Waals surface area contributed by atoms with Gasteiger partial charge in [-0.25, -0.2) is 13.1 Å². The summed E-state index contributed by atoms with van der Waals surface area (Å²) in [7, 11) is -3.47. The summed E-state index contributed by atoms with van der Waals surface area (Å²) in [4.78, 5) is 11.2. The Labute approximate surface area is 144 Å². The van der Waals surface area contributed by atoms with Crippen LogP contribution in [0.25, 0.3) is 11.1 Å². The Morgan fingerprint density at radius 2 is 1.67 bits per heavy atom. The van der Waals surface area contributed by atoms with Crippen LogP contribution in [0, 0.1) is 0 Å². The third kappa shape index (κ3) is 3.57. The first-order valence-electron chi connectivity index (χ1n) is 7.98. The molecule has 0 bridgehead atoms. The molecule has 2 aromatic carbocycles. The van der Waals surface area contributed by atoms with Crippen molar-refractivity contribution in [2.45, 2.75) is 31.9 Å². The maximum atomic E-state index is 12.5. The largest absolute Gasteiger partial charge is 0.298 e. The van der Waals surface area contributed by atoms with E-state index in [1.807, 2.05) is 49.4 Å². The summed E-state index contributed by atoms with van der Waals surface area (Å²) >= 11 is 0. The molecule has 0 saturated heterocycles. The molecule has 0 aliphatic heterocycles. The number of rotatable bonds is 7. The zero-order valence-electron chi connectivity index (χ0n) is 14.2. The zero-order chi connectivity index (χ0) is 17.8. The summed E-state index contributed by atoms with van der Waals surface area (Å²) in [6.45, 7) is 5.74. The third-order valence-electron chi connectivity index (χ3n) is 4.19. The minimum atomic E-state index is -3.47. The van der Waals surface area contributed by atoms with E-state index < -0.39 is 14.8 Å². The van der Waals surface area contributed by atoms with Gasteiger partial charge in [0.2, 0.25) is 10.0 Å². The molecule has 0 radical (unpaired) electrons. The second-order valence-electron chi connectivity index (χ2n) is 6.19. The molecule has 1 N–H and O–H groups in total. The van der Waals surface area contributed by atoms with Gasteiger partial charge in [0.25, 0.3) is 0 Å². The molecular weight excluding hydrogens is 322 g/mol. The molecule has 0 atom stereocenters. The fourth-order valence-corrected chi connectivity index (χ4v) is 3.77. The minimum Gasteiger partial charge on any atom is -0.298 e. The summed E-state index contributed by atoms with van der Waals surface area (Å²) in [5.74, 6) is 0. The highest BCUT2D eigenvalue weighted by atomic mass is 32.2. The van der Waals surface area contributed by atoms with Crippen LogP contribution in [0.1, 0.15) is 43.1 Å². The lowest BCUT2D eigenvalue weighted by molar-refractivity contribution is 0.112. The number of sulfonamides is 1. The van der Waals surface area contributed by atoms with Crippen LogP contribution in [0.15, 0.2) is 48.5 Å². The standard InChI is InChI=1S/C19H23NO3S/c1-4-13-20-24(22,23)19(2,3)17-11-9-15(10-12-17)18-8-6-5-7-16(18)14-21/h5-12,14,20H,4,13H2,1-3H3. The number of benzene rings is 2. The van der Waals surface area contributed by atoms with E-state index >= 15 is 0 Å². The predicted octanol–water partition coefficient (Wildman–Crippen LogP) is 3.73. The molecule has 2 rings (SSSR count). The van der Waals surface area contributed by atoms with Crippen LogP contribution in [0.3, 0.4) is 0 Å². The van der Waals surface area contributed by atoms with Crippen LogP contribution >= 0.6 is 0 Å². The molecule has 5 heteroatoms. The first-order valence-corrected chi connectivity index (χ1v) is 9.46. The lowest BCUT2D eigenvalue weighted by Crippen LogP contribution is -2.39. The maximum Gasteiger partial charge on any atom is 0.221 e. The highest BCUT2D eigenvalue weighted by molar-refractivity contribution is 7.90. The average Bonchev–Trinajstić information content (AvgIpc) is 2.60. The quantitative estimate of drug-likeness (QED) is 0.778. The van der Waals surface area contributed by atoms with Gasteiger partial charge in [-0.05, 0) is 37.0 Å². The van der Waals surface area contributed by atoms with Crippen LogP contribution in [-0.4, -0.2) is 21.2 Å². The van der Waals surface area contributed by atoms with E-state index in [4.69, 9.17) is 0 Å². The van der Waals surface area contributed by atoms with Crippen LogP contribution in [-0.2, 0) is 14.8 Å². The number of nitrogens with one attached hydrogen (secondary N) is 1. The lowest BCUT2D eigenvalue weighted by atomic mass is 9.96. The number of carbonyl (C=O) groups excluding carboxylic acids is 1. The predicted molar refractivity (Wildman–Crippen MR) is 97.5 cm³/mol. The van der Waals surface area contributed by atoms with Gasteiger partial charge in [0.1, 0.15) is 4.75 Å². The second-order valence-corrected chi connectivity index (χ2v) is 8.51. The smallest absolute Gasteiger partial charge is 0.221 e. The zero-order valence-corrected chi connectivity index (χ0v) is 15.1. The van der Waals surface area contributed by atoms with Crippen LogP contribution in [0.4, 0.5) is 0 Å². The molecule has 24 heavy (non-hydrogen) atoms. The van der Waals surface area contributed by atoms with E-state index in [2.05, 4.69) is 4.72 Å². The molecule has 0 amide bonds. The van der Waals surface area contributed by atoms with Crippen molar-refractivity contribution in [2.75, 3.05) is 6.54 Å². The van der Waals surface area contributed by atoms with Crippen molar-refractivity contribution in [1.82, 2.24) is 4.72 Å². The molecule has 2 aromatic rings. The van der Waals surface area contributed by atoms with Crippen LogP contribution < -0.4 is 4.72 Å². The third-order valence-corrected chi connectivity index (χ3v) is 6.36. The van der Waals surface area contributed by atoms with Gasteiger partial charge in [-0.15, -0.1) is 0 Å². The Morgan fingerprint density at radius 3 is 2.25 bits per heavy atom. The van der Waals surface area contributed by atoms with Gasteiger partial charge >= 0.3 is 0 Å². The Bertz CT molecular complexity index is 809. The molecule has 0 fully saturated rings. The molecule has 0 spiro atoms. The van der Waals surface area contributed by atoms with Crippen molar-refractivity contribution in [2.24, 2.45) is 0 Å². The van der Waals surface area contributed by atoms with Gasteiger partial charge in [0, 0.05) is 12.1 Å². The van der Waals surface area contributed by atoms with E-state index in [0.29, 0.717) is 17.7 Å². The molecular formula is C19H23NO3S. The van der Waals surface area contributed by atoms with Gasteiger partial charge < -0.3 is 0 Å². The number of hydrogen-bond donors (Lipinski definition) is 1. The molecule has 4 nitrogen and oxygen atoms in total. The first-order chi connectivity index (χ1) is 11.3. The highest BCUT2D eigenvalue weighted by Crippen LogP contribution is 2.31. The van der Waals surface area contributed by atoms with Crippen molar-refractivity contribution in [3.8, 4) is 11.1 Å². The van der Waals surface area contributed by atoms with Crippen molar-refractivity contribution in [3.05, 3.63) is 59.7 Å². The number of aldehydes is 1. The summed E-state index contributed by atoms with van der Waals surface area (Å²) in [6, 6.07) is 14.7. The SMILES string of the molecule is CCCNS(=O)(=O)C(C)(C)c1ccc(-c2ccccc2C=O)cc1. The highest BCUT2D eigenvalue weighted by Gasteiger charge is 2.35. The summed E-state index contributed by atoms with van der Waals surface area (Å²) in [5, 5.41) is 0. The average molecular weight is 345 g/mol. The van der Waals surface area contributed by atoms with Crippen LogP contribution in [0.2, 0.25) is 0 Å². The summed E-state index contributed by atoms with van der Waals surface area (Å²) in [5.41, 5.74) is 3.04. The molecule has 128 valence electrons. The van der Waals surface area contributed by atoms with Gasteiger partial charge in [-0.2, -0.15) is 0 Å². The fourth-order valence-electron chi connectivity index (χ4n) is 2.49. The Hall–Kier alpha value is -1.98. The Morgan fingerprint density at radius 1 is 1.04 bits per heavy atom. The van der Waals surface area contributed by atoms with E-state index in [9.17, 15) is 13.2 Å². The van der Waals surface area contributed by atoms with Crippen LogP contribution in [0.5, 0.6) is 0 Å². The molecule has 0 saturated carbocycles. The van der Waals surface area contributed by atoms with Gasteiger partial charge in [-0.3, -0.25) is 4.79 Å². The van der Waals surface area contributed by atoms with Crippen molar-refractivity contribution in [3.63, 3.8) is 0 Å². The summed E-state index contributed by atoms with van der Waals surface area (Å²) in [6.07, 6.45) is 1.57. The van der Waals surface area contributed by atoms with Gasteiger partial charge in [0.15, 0.2) is 6.29 Å². The number of carbonyl (C=O) groups is 1. The fraction of sp³-hybridized carbons (Fsp3) is 0.316. The molecule has 0 aliphatic rings. The normalized spacial score (nSPS) is 12.1. The lowest BCUT2D eigenvalue weighted by Gasteiger charge is -2.26. The van der Waals surface area contributed by atoms with E-state index in [0.717, 1.165) is 23.8 Å². The van der Waals surface area contributed by atoms with Crippen molar-refractivity contribution >= 4 is 16.3 Å². The maximum absolute atomic E-state index is 12.5. The molecule has 0 heterocycles. The monoisotopic (exact) mass is 345 g/mol. The van der Waals surface area contributed by atoms with Gasteiger partial charge in [0.05, 0.1) is 0 Å². The van der Waals surface area contributed by atoms with E-state index in [1.165, 1.54) is 0 Å². The molecule has 0 aliphatic carbocycles. The second kappa shape index (κ2) is 7.28. The van der Waals surface area contributed by atoms with Gasteiger partial charge in [-0.1, -0.05) is 55.5 Å². The molecule has 0 aromatic heterocycles. The van der Waals surface area contributed by atoms with Crippen molar-refractivity contribution < 1.29 is 13.2 Å². The van der Waals surface area contributed by atoms with Crippen molar-refractivity contribution in [1.29, 1.82) is 0 Å². The Kier molecular flexibility index (Phi) is 5.57. The molecule has 0 unspecified atom stereocenters. The first kappa shape index (κ1) is 18.4. The minimum absolute atomic E-state index is 0.427. The summed E-state index contributed by atoms with van der Waals surface area (Å²) < 4.78 is 26.6. The van der Waals surface area contributed by atoms with E-state index in [-0.39, 0.29) is 0 Å². The topological polar surface area (TPSA) is 63.2 Å². The Balaban J connectivity index is 2.37. The van der Waals surface area contributed by atoms with E-state index in [1.54, 1.807) is 19.9 Å².